The summed E-state index contributed by atoms with van der Waals surface area (Å²) in [6, 6.07) is 18.2. The van der Waals surface area contributed by atoms with Gasteiger partial charge in [0.1, 0.15) is 17.2 Å². The number of sulfone groups is 1. The van der Waals surface area contributed by atoms with Crippen LogP contribution in [0.3, 0.4) is 0 Å². The molecule has 0 spiro atoms. The Hall–Kier alpha value is -3.32. The molecule has 0 aliphatic heterocycles. The Morgan fingerprint density at radius 3 is 1.89 bits per heavy atom. The zero-order chi connectivity index (χ0) is 19.4. The fraction of sp³-hybridized carbons (Fsp3) is 0.0500. The van der Waals surface area contributed by atoms with Crippen molar-refractivity contribution in [2.45, 2.75) is 9.79 Å². The molecular formula is C20H16O6S. The second-order valence-electron chi connectivity index (χ2n) is 5.55. The van der Waals surface area contributed by atoms with Gasteiger partial charge in [-0.1, -0.05) is 12.1 Å². The van der Waals surface area contributed by atoms with Crippen LogP contribution in [0.25, 0.3) is 0 Å². The number of benzene rings is 3. The molecule has 0 heterocycles. The number of carboxylic acid groups (broad SMARTS) is 1. The van der Waals surface area contributed by atoms with Crippen LogP contribution in [-0.4, -0.2) is 26.6 Å². The third-order valence-electron chi connectivity index (χ3n) is 3.84. The van der Waals surface area contributed by atoms with Crippen molar-refractivity contribution in [1.82, 2.24) is 0 Å². The van der Waals surface area contributed by atoms with Crippen LogP contribution in [0.15, 0.2) is 82.6 Å². The van der Waals surface area contributed by atoms with Crippen molar-refractivity contribution >= 4 is 15.8 Å². The highest BCUT2D eigenvalue weighted by atomic mass is 32.2. The van der Waals surface area contributed by atoms with Gasteiger partial charge in [-0.3, -0.25) is 0 Å². The van der Waals surface area contributed by atoms with Crippen molar-refractivity contribution in [3.63, 3.8) is 0 Å². The van der Waals surface area contributed by atoms with Crippen molar-refractivity contribution in [3.8, 4) is 17.2 Å². The van der Waals surface area contributed by atoms with Gasteiger partial charge in [0.05, 0.1) is 22.5 Å². The topological polar surface area (TPSA) is 89.9 Å². The molecule has 0 bridgehead atoms. The number of ether oxygens (including phenoxy) is 2. The Morgan fingerprint density at radius 2 is 1.33 bits per heavy atom. The van der Waals surface area contributed by atoms with E-state index in [0.717, 1.165) is 0 Å². The molecule has 0 saturated heterocycles. The van der Waals surface area contributed by atoms with Crippen molar-refractivity contribution in [1.29, 1.82) is 0 Å². The first-order valence-corrected chi connectivity index (χ1v) is 9.39. The molecule has 0 atom stereocenters. The lowest BCUT2D eigenvalue weighted by atomic mass is 10.2. The van der Waals surface area contributed by atoms with E-state index in [4.69, 9.17) is 9.47 Å². The summed E-state index contributed by atoms with van der Waals surface area (Å²) < 4.78 is 36.3. The van der Waals surface area contributed by atoms with Gasteiger partial charge in [-0.15, -0.1) is 0 Å². The van der Waals surface area contributed by atoms with Crippen LogP contribution in [-0.2, 0) is 9.84 Å². The van der Waals surface area contributed by atoms with Gasteiger partial charge in [-0.2, -0.15) is 0 Å². The van der Waals surface area contributed by atoms with Crippen molar-refractivity contribution in [2.75, 3.05) is 7.11 Å². The molecule has 0 aromatic heterocycles. The third-order valence-corrected chi connectivity index (χ3v) is 5.66. The van der Waals surface area contributed by atoms with E-state index in [1.54, 1.807) is 31.4 Å². The monoisotopic (exact) mass is 384 g/mol. The average Bonchev–Trinajstić information content (AvgIpc) is 2.69. The number of hydrogen-bond acceptors (Lipinski definition) is 5. The summed E-state index contributed by atoms with van der Waals surface area (Å²) in [7, 11) is -2.40. The van der Waals surface area contributed by atoms with E-state index in [1.807, 2.05) is 0 Å². The van der Waals surface area contributed by atoms with E-state index in [9.17, 15) is 18.3 Å². The fourth-order valence-corrected chi connectivity index (χ4v) is 3.92. The molecule has 6 nitrogen and oxygen atoms in total. The maximum absolute atomic E-state index is 12.8. The number of aromatic carboxylic acids is 1. The molecule has 7 heteroatoms. The Kier molecular flexibility index (Phi) is 5.14. The lowest BCUT2D eigenvalue weighted by molar-refractivity contribution is 0.0692. The quantitative estimate of drug-likeness (QED) is 0.690. The van der Waals surface area contributed by atoms with Crippen LogP contribution in [0.4, 0.5) is 0 Å². The highest BCUT2D eigenvalue weighted by Gasteiger charge is 2.23. The summed E-state index contributed by atoms with van der Waals surface area (Å²) in [5.41, 5.74) is -0.268. The minimum atomic E-state index is -3.97. The second-order valence-corrected chi connectivity index (χ2v) is 7.47. The van der Waals surface area contributed by atoms with Gasteiger partial charge in [0, 0.05) is 0 Å². The molecule has 0 saturated carbocycles. The predicted octanol–water partition coefficient (Wildman–Crippen LogP) is 4.02. The maximum Gasteiger partial charge on any atom is 0.337 e. The number of methoxy groups -OCH3 is 1. The molecule has 3 aromatic rings. The van der Waals surface area contributed by atoms with Crippen LogP contribution in [0.5, 0.6) is 17.2 Å². The third kappa shape index (κ3) is 3.93. The maximum atomic E-state index is 12.8. The average molecular weight is 384 g/mol. The van der Waals surface area contributed by atoms with E-state index in [0.29, 0.717) is 17.2 Å². The van der Waals surface area contributed by atoms with E-state index < -0.39 is 15.8 Å². The Bertz CT molecular complexity index is 1050. The normalized spacial score (nSPS) is 11.0. The molecule has 1 N–H and O–H groups in total. The molecule has 138 valence electrons. The summed E-state index contributed by atoms with van der Waals surface area (Å²) in [4.78, 5) is 11.0. The molecule has 3 rings (SSSR count). The van der Waals surface area contributed by atoms with Crippen LogP contribution in [0, 0.1) is 0 Å². The fourth-order valence-electron chi connectivity index (χ4n) is 2.47. The molecule has 0 aliphatic rings. The molecule has 0 unspecified atom stereocenters. The molecule has 0 radical (unpaired) electrons. The zero-order valence-electron chi connectivity index (χ0n) is 14.3. The second kappa shape index (κ2) is 7.51. The van der Waals surface area contributed by atoms with Gasteiger partial charge in [-0.05, 0) is 60.7 Å². The first-order valence-electron chi connectivity index (χ1n) is 7.91. The summed E-state index contributed by atoms with van der Waals surface area (Å²) in [5.74, 6) is 0.419. The number of hydrogen-bond donors (Lipinski definition) is 1. The van der Waals surface area contributed by atoms with E-state index in [1.165, 1.54) is 48.5 Å². The first kappa shape index (κ1) is 18.5. The number of carbonyl (C=O) groups is 1. The van der Waals surface area contributed by atoms with Gasteiger partial charge in [0.25, 0.3) is 0 Å². The van der Waals surface area contributed by atoms with E-state index >= 15 is 0 Å². The van der Waals surface area contributed by atoms with Gasteiger partial charge < -0.3 is 14.6 Å². The Balaban J connectivity index is 1.87. The largest absolute Gasteiger partial charge is 0.497 e. The van der Waals surface area contributed by atoms with Gasteiger partial charge in [0.15, 0.2) is 0 Å². The molecular weight excluding hydrogens is 368 g/mol. The molecule has 0 fully saturated rings. The van der Waals surface area contributed by atoms with Gasteiger partial charge in [-0.25, -0.2) is 13.2 Å². The molecule has 3 aromatic carbocycles. The lowest BCUT2D eigenvalue weighted by Crippen LogP contribution is -2.09. The van der Waals surface area contributed by atoms with Gasteiger partial charge in [0.2, 0.25) is 9.84 Å². The summed E-state index contributed by atoms with van der Waals surface area (Å²) >= 11 is 0. The van der Waals surface area contributed by atoms with Crippen molar-refractivity contribution in [3.05, 3.63) is 78.4 Å². The Morgan fingerprint density at radius 1 is 0.815 bits per heavy atom. The van der Waals surface area contributed by atoms with Crippen molar-refractivity contribution in [2.24, 2.45) is 0 Å². The van der Waals surface area contributed by atoms with Crippen molar-refractivity contribution < 1.29 is 27.8 Å². The highest BCUT2D eigenvalue weighted by Crippen LogP contribution is 2.28. The van der Waals surface area contributed by atoms with Crippen LogP contribution in [0.1, 0.15) is 10.4 Å². The van der Waals surface area contributed by atoms with Crippen LogP contribution >= 0.6 is 0 Å². The molecule has 0 aliphatic carbocycles. The Labute approximate surface area is 156 Å². The zero-order valence-corrected chi connectivity index (χ0v) is 15.1. The lowest BCUT2D eigenvalue weighted by Gasteiger charge is -2.10. The first-order chi connectivity index (χ1) is 12.9. The molecule has 0 amide bonds. The minimum absolute atomic E-state index is 0.0155. The summed E-state index contributed by atoms with van der Waals surface area (Å²) in [5, 5.41) is 9.23. The van der Waals surface area contributed by atoms with Crippen LogP contribution in [0.2, 0.25) is 0 Å². The smallest absolute Gasteiger partial charge is 0.337 e. The number of carboxylic acids is 1. The number of rotatable bonds is 6. The van der Waals surface area contributed by atoms with E-state index in [2.05, 4.69) is 0 Å². The molecule has 27 heavy (non-hydrogen) atoms. The SMILES string of the molecule is COc1ccc(Oc2ccc(S(=O)(=O)c3ccccc3C(=O)O)cc2)cc1. The predicted molar refractivity (Wildman–Crippen MR) is 98.4 cm³/mol. The summed E-state index contributed by atoms with van der Waals surface area (Å²) in [6.07, 6.45) is 0. The summed E-state index contributed by atoms with van der Waals surface area (Å²) in [6.45, 7) is 0. The van der Waals surface area contributed by atoms with Gasteiger partial charge >= 0.3 is 5.97 Å². The highest BCUT2D eigenvalue weighted by molar-refractivity contribution is 7.91. The van der Waals surface area contributed by atoms with Crippen LogP contribution < -0.4 is 9.47 Å². The van der Waals surface area contributed by atoms with E-state index in [-0.39, 0.29) is 15.4 Å². The minimum Gasteiger partial charge on any atom is -0.497 e. The standard InChI is InChI=1S/C20H16O6S/c1-25-14-6-8-15(9-7-14)26-16-10-12-17(13-11-16)27(23,24)19-5-3-2-4-18(19)20(21)22/h2-13H,1H3,(H,21,22).